The Labute approximate surface area is 130 Å². The van der Waals surface area contributed by atoms with Gasteiger partial charge >= 0.3 is 0 Å². The van der Waals surface area contributed by atoms with Crippen LogP contribution in [-0.4, -0.2) is 11.7 Å². The zero-order valence-corrected chi connectivity index (χ0v) is 13.7. The normalized spacial score (nSPS) is 12.2. The highest BCUT2D eigenvalue weighted by Crippen LogP contribution is 2.24. The molecule has 0 spiro atoms. The van der Waals surface area contributed by atoms with Gasteiger partial charge in [-0.15, -0.1) is 0 Å². The highest BCUT2D eigenvalue weighted by molar-refractivity contribution is 9.10. The van der Waals surface area contributed by atoms with Crippen molar-refractivity contribution in [2.24, 2.45) is 0 Å². The molecule has 0 aliphatic heterocycles. The molecule has 0 saturated heterocycles. The largest absolute Gasteiger partial charge is 0.387 e. The second-order valence-electron chi connectivity index (χ2n) is 4.36. The summed E-state index contributed by atoms with van der Waals surface area (Å²) in [6.45, 7) is 2.52. The highest BCUT2D eigenvalue weighted by atomic mass is 79.9. The van der Waals surface area contributed by atoms with Gasteiger partial charge < -0.3 is 10.4 Å². The van der Waals surface area contributed by atoms with Crippen molar-refractivity contribution in [3.05, 3.63) is 62.5 Å². The minimum atomic E-state index is -0.532. The molecule has 0 aliphatic carbocycles. The number of hydrogen-bond acceptors (Lipinski definition) is 2. The monoisotopic (exact) mass is 383 g/mol. The van der Waals surface area contributed by atoms with E-state index in [2.05, 4.69) is 37.2 Å². The summed E-state index contributed by atoms with van der Waals surface area (Å²) < 4.78 is 2.04. The molecule has 1 unspecified atom stereocenters. The summed E-state index contributed by atoms with van der Waals surface area (Å²) in [5.41, 5.74) is 3.07. The van der Waals surface area contributed by atoms with Crippen LogP contribution in [0.25, 0.3) is 0 Å². The minimum Gasteiger partial charge on any atom is -0.387 e. The molecule has 0 saturated carbocycles. The number of halogens is 2. The van der Waals surface area contributed by atoms with Gasteiger partial charge in [0.25, 0.3) is 0 Å². The van der Waals surface area contributed by atoms with Crippen molar-refractivity contribution in [1.82, 2.24) is 0 Å². The fourth-order valence-corrected chi connectivity index (χ4v) is 2.62. The first-order valence-corrected chi connectivity index (χ1v) is 7.59. The molecule has 0 aliphatic rings. The molecule has 19 heavy (non-hydrogen) atoms. The van der Waals surface area contributed by atoms with E-state index < -0.39 is 6.10 Å². The van der Waals surface area contributed by atoms with Gasteiger partial charge in [-0.05, 0) is 42.3 Å². The SMILES string of the molecule is Cc1c(Br)cccc1NCC(O)c1cccc(Br)c1. The molecule has 2 rings (SSSR count). The molecule has 2 aromatic carbocycles. The molecule has 4 heteroatoms. The molecule has 0 radical (unpaired) electrons. The predicted molar refractivity (Wildman–Crippen MR) is 86.5 cm³/mol. The average molecular weight is 385 g/mol. The lowest BCUT2D eigenvalue weighted by Crippen LogP contribution is -2.12. The number of aliphatic hydroxyl groups is 1. The Bertz CT molecular complexity index is 572. The summed E-state index contributed by atoms with van der Waals surface area (Å²) in [6.07, 6.45) is -0.532. The number of aliphatic hydroxyl groups excluding tert-OH is 1. The lowest BCUT2D eigenvalue weighted by atomic mass is 10.1. The smallest absolute Gasteiger partial charge is 0.0962 e. The van der Waals surface area contributed by atoms with E-state index in [1.807, 2.05) is 49.4 Å². The Kier molecular flexibility index (Phi) is 5.02. The Morgan fingerprint density at radius 2 is 1.89 bits per heavy atom. The molecular formula is C15H15Br2NO. The maximum absolute atomic E-state index is 10.2. The molecule has 2 aromatic rings. The van der Waals surface area contributed by atoms with E-state index in [0.29, 0.717) is 6.54 Å². The van der Waals surface area contributed by atoms with Crippen LogP contribution in [0, 0.1) is 6.92 Å². The van der Waals surface area contributed by atoms with Gasteiger partial charge in [0.05, 0.1) is 6.10 Å². The molecule has 0 heterocycles. The van der Waals surface area contributed by atoms with Crippen LogP contribution in [0.5, 0.6) is 0 Å². The number of benzene rings is 2. The van der Waals surface area contributed by atoms with E-state index in [-0.39, 0.29) is 0 Å². The zero-order chi connectivity index (χ0) is 13.8. The maximum atomic E-state index is 10.2. The molecule has 0 amide bonds. The van der Waals surface area contributed by atoms with Gasteiger partial charge in [0.1, 0.15) is 0 Å². The molecule has 0 fully saturated rings. The third-order valence-corrected chi connectivity index (χ3v) is 4.34. The topological polar surface area (TPSA) is 32.3 Å². The van der Waals surface area contributed by atoms with Gasteiger partial charge in [-0.25, -0.2) is 0 Å². The lowest BCUT2D eigenvalue weighted by Gasteiger charge is -2.15. The van der Waals surface area contributed by atoms with E-state index in [0.717, 1.165) is 25.8 Å². The number of hydrogen-bond donors (Lipinski definition) is 2. The summed E-state index contributed by atoms with van der Waals surface area (Å²) in [5.74, 6) is 0. The van der Waals surface area contributed by atoms with Gasteiger partial charge in [0.15, 0.2) is 0 Å². The van der Waals surface area contributed by atoms with Crippen molar-refractivity contribution in [3.63, 3.8) is 0 Å². The van der Waals surface area contributed by atoms with Crippen LogP contribution in [0.2, 0.25) is 0 Å². The molecule has 0 aromatic heterocycles. The van der Waals surface area contributed by atoms with Crippen LogP contribution in [0.3, 0.4) is 0 Å². The predicted octanol–water partition coefficient (Wildman–Crippen LogP) is 4.67. The molecule has 2 nitrogen and oxygen atoms in total. The zero-order valence-electron chi connectivity index (χ0n) is 10.5. The first-order valence-electron chi connectivity index (χ1n) is 6.00. The van der Waals surface area contributed by atoms with E-state index in [4.69, 9.17) is 0 Å². The first kappa shape index (κ1) is 14.6. The van der Waals surface area contributed by atoms with Crippen LogP contribution >= 0.6 is 31.9 Å². The van der Waals surface area contributed by atoms with Crippen LogP contribution in [-0.2, 0) is 0 Å². The van der Waals surface area contributed by atoms with Crippen molar-refractivity contribution in [2.75, 3.05) is 11.9 Å². The Balaban J connectivity index is 2.04. The first-order chi connectivity index (χ1) is 9.08. The third kappa shape index (κ3) is 3.81. The van der Waals surface area contributed by atoms with Crippen LogP contribution in [0.1, 0.15) is 17.2 Å². The van der Waals surface area contributed by atoms with Crippen LogP contribution in [0.15, 0.2) is 51.4 Å². The molecule has 2 N–H and O–H groups in total. The van der Waals surface area contributed by atoms with E-state index in [9.17, 15) is 5.11 Å². The van der Waals surface area contributed by atoms with E-state index >= 15 is 0 Å². The second kappa shape index (κ2) is 6.55. The number of rotatable bonds is 4. The summed E-state index contributed by atoms with van der Waals surface area (Å²) in [7, 11) is 0. The standard InChI is InChI=1S/C15H15Br2NO/c1-10-13(17)6-3-7-14(10)18-9-15(19)11-4-2-5-12(16)8-11/h2-8,15,18-19H,9H2,1H3. The molecule has 100 valence electrons. The lowest BCUT2D eigenvalue weighted by molar-refractivity contribution is 0.191. The summed E-state index contributed by atoms with van der Waals surface area (Å²) in [6, 6.07) is 13.7. The third-order valence-electron chi connectivity index (χ3n) is 2.99. The van der Waals surface area contributed by atoms with Gasteiger partial charge in [0, 0.05) is 21.2 Å². The van der Waals surface area contributed by atoms with Gasteiger partial charge in [0.2, 0.25) is 0 Å². The molecule has 1 atom stereocenters. The van der Waals surface area contributed by atoms with E-state index in [1.54, 1.807) is 0 Å². The average Bonchev–Trinajstić information content (AvgIpc) is 2.40. The molecular weight excluding hydrogens is 370 g/mol. The number of nitrogens with one attached hydrogen (secondary N) is 1. The maximum Gasteiger partial charge on any atom is 0.0962 e. The number of anilines is 1. The Morgan fingerprint density at radius 1 is 1.16 bits per heavy atom. The van der Waals surface area contributed by atoms with Crippen molar-refractivity contribution in [3.8, 4) is 0 Å². The Hall–Kier alpha value is -0.840. The van der Waals surface area contributed by atoms with Crippen molar-refractivity contribution >= 4 is 37.5 Å². The van der Waals surface area contributed by atoms with Gasteiger partial charge in [-0.3, -0.25) is 0 Å². The van der Waals surface area contributed by atoms with Crippen molar-refractivity contribution in [1.29, 1.82) is 0 Å². The fraction of sp³-hybridized carbons (Fsp3) is 0.200. The van der Waals surface area contributed by atoms with E-state index in [1.165, 1.54) is 0 Å². The van der Waals surface area contributed by atoms with Gasteiger partial charge in [-0.2, -0.15) is 0 Å². The van der Waals surface area contributed by atoms with Gasteiger partial charge in [-0.1, -0.05) is 50.1 Å². The fourth-order valence-electron chi connectivity index (χ4n) is 1.84. The quantitative estimate of drug-likeness (QED) is 0.802. The highest BCUT2D eigenvalue weighted by Gasteiger charge is 2.08. The minimum absolute atomic E-state index is 0.480. The summed E-state index contributed by atoms with van der Waals surface area (Å²) in [5, 5.41) is 13.4. The Morgan fingerprint density at radius 3 is 2.63 bits per heavy atom. The summed E-state index contributed by atoms with van der Waals surface area (Å²) >= 11 is 6.91. The second-order valence-corrected chi connectivity index (χ2v) is 6.13. The molecule has 0 bridgehead atoms. The van der Waals surface area contributed by atoms with Crippen molar-refractivity contribution in [2.45, 2.75) is 13.0 Å². The van der Waals surface area contributed by atoms with Crippen molar-refractivity contribution < 1.29 is 5.11 Å². The van der Waals surface area contributed by atoms with Crippen LogP contribution in [0.4, 0.5) is 5.69 Å². The van der Waals surface area contributed by atoms with Crippen LogP contribution < -0.4 is 5.32 Å². The summed E-state index contributed by atoms with van der Waals surface area (Å²) in [4.78, 5) is 0.